The van der Waals surface area contributed by atoms with E-state index in [4.69, 9.17) is 4.74 Å². The SMILES string of the molecule is CNc1nc(NC(C)C(=O)OC)nc(OC)n1. The third-order valence-electron chi connectivity index (χ3n) is 1.92. The Morgan fingerprint density at radius 2 is 1.88 bits per heavy atom. The van der Waals surface area contributed by atoms with Gasteiger partial charge < -0.3 is 20.1 Å². The van der Waals surface area contributed by atoms with Crippen LogP contribution in [-0.2, 0) is 9.53 Å². The summed E-state index contributed by atoms with van der Waals surface area (Å²) in [4.78, 5) is 23.1. The van der Waals surface area contributed by atoms with E-state index in [1.807, 2.05) is 0 Å². The summed E-state index contributed by atoms with van der Waals surface area (Å²) < 4.78 is 9.49. The lowest BCUT2D eigenvalue weighted by Crippen LogP contribution is -2.28. The molecule has 94 valence electrons. The van der Waals surface area contributed by atoms with Crippen LogP contribution < -0.4 is 15.4 Å². The van der Waals surface area contributed by atoms with E-state index in [9.17, 15) is 4.79 Å². The zero-order valence-electron chi connectivity index (χ0n) is 10.1. The van der Waals surface area contributed by atoms with Gasteiger partial charge in [0, 0.05) is 7.05 Å². The van der Waals surface area contributed by atoms with Crippen molar-refractivity contribution in [3.63, 3.8) is 0 Å². The van der Waals surface area contributed by atoms with Crippen LogP contribution in [0.3, 0.4) is 0 Å². The Bertz CT molecular complexity index is 376. The average Bonchev–Trinajstić information content (AvgIpc) is 2.36. The van der Waals surface area contributed by atoms with Gasteiger partial charge in [0.2, 0.25) is 11.9 Å². The van der Waals surface area contributed by atoms with Crippen LogP contribution in [0.15, 0.2) is 0 Å². The fourth-order valence-corrected chi connectivity index (χ4v) is 1.05. The monoisotopic (exact) mass is 241 g/mol. The van der Waals surface area contributed by atoms with Gasteiger partial charge in [0.05, 0.1) is 14.2 Å². The molecule has 1 unspecified atom stereocenters. The smallest absolute Gasteiger partial charge is 0.328 e. The molecule has 8 heteroatoms. The first-order valence-corrected chi connectivity index (χ1v) is 4.93. The van der Waals surface area contributed by atoms with Crippen LogP contribution in [0.25, 0.3) is 0 Å². The number of nitrogens with zero attached hydrogens (tertiary/aromatic N) is 3. The summed E-state index contributed by atoms with van der Waals surface area (Å²) >= 11 is 0. The van der Waals surface area contributed by atoms with E-state index in [2.05, 4.69) is 30.3 Å². The third kappa shape index (κ3) is 3.44. The van der Waals surface area contributed by atoms with Gasteiger partial charge in [-0.15, -0.1) is 0 Å². The molecule has 0 amide bonds. The van der Waals surface area contributed by atoms with Gasteiger partial charge in [0.1, 0.15) is 6.04 Å². The van der Waals surface area contributed by atoms with Gasteiger partial charge in [0.25, 0.3) is 0 Å². The van der Waals surface area contributed by atoms with Crippen molar-refractivity contribution >= 4 is 17.9 Å². The van der Waals surface area contributed by atoms with Crippen molar-refractivity contribution in [3.8, 4) is 6.01 Å². The Kier molecular flexibility index (Phi) is 4.44. The van der Waals surface area contributed by atoms with Crippen molar-refractivity contribution in [2.75, 3.05) is 31.9 Å². The van der Waals surface area contributed by atoms with Crippen molar-refractivity contribution in [2.45, 2.75) is 13.0 Å². The van der Waals surface area contributed by atoms with Crippen LogP contribution in [0.5, 0.6) is 6.01 Å². The first-order valence-electron chi connectivity index (χ1n) is 4.93. The second kappa shape index (κ2) is 5.83. The summed E-state index contributed by atoms with van der Waals surface area (Å²) in [5, 5.41) is 5.55. The van der Waals surface area contributed by atoms with Gasteiger partial charge in [-0.25, -0.2) is 4.79 Å². The van der Waals surface area contributed by atoms with E-state index in [0.29, 0.717) is 5.95 Å². The number of carbonyl (C=O) groups excluding carboxylic acids is 1. The molecule has 8 nitrogen and oxygen atoms in total. The number of carbonyl (C=O) groups is 1. The van der Waals surface area contributed by atoms with E-state index < -0.39 is 12.0 Å². The molecule has 1 aromatic rings. The maximum Gasteiger partial charge on any atom is 0.328 e. The van der Waals surface area contributed by atoms with Crippen molar-refractivity contribution < 1.29 is 14.3 Å². The molecule has 1 atom stereocenters. The number of esters is 1. The van der Waals surface area contributed by atoms with Gasteiger partial charge in [-0.2, -0.15) is 15.0 Å². The number of aromatic nitrogens is 3. The molecule has 0 radical (unpaired) electrons. The molecule has 0 aliphatic heterocycles. The highest BCUT2D eigenvalue weighted by molar-refractivity contribution is 5.77. The van der Waals surface area contributed by atoms with Crippen molar-refractivity contribution in [3.05, 3.63) is 0 Å². The predicted molar refractivity (Wildman–Crippen MR) is 61.0 cm³/mol. The second-order valence-corrected chi connectivity index (χ2v) is 3.11. The quantitative estimate of drug-likeness (QED) is 0.689. The number of anilines is 2. The van der Waals surface area contributed by atoms with Crippen LogP contribution in [0, 0.1) is 0 Å². The van der Waals surface area contributed by atoms with Gasteiger partial charge in [-0.05, 0) is 6.92 Å². The third-order valence-corrected chi connectivity index (χ3v) is 1.92. The van der Waals surface area contributed by atoms with Crippen LogP contribution in [0.1, 0.15) is 6.92 Å². The highest BCUT2D eigenvalue weighted by atomic mass is 16.5. The molecule has 2 N–H and O–H groups in total. The normalized spacial score (nSPS) is 11.5. The van der Waals surface area contributed by atoms with Crippen LogP contribution in [0.4, 0.5) is 11.9 Å². The standard InChI is InChI=1S/C9H15N5O3/c1-5(6(15)16-3)11-8-12-7(10-2)13-9(14-8)17-4/h5H,1-4H3,(H2,10,11,12,13,14). The lowest BCUT2D eigenvalue weighted by molar-refractivity contribution is -0.141. The zero-order valence-corrected chi connectivity index (χ0v) is 10.1. The fourth-order valence-electron chi connectivity index (χ4n) is 1.05. The minimum absolute atomic E-state index is 0.156. The van der Waals surface area contributed by atoms with Crippen LogP contribution in [0.2, 0.25) is 0 Å². The molecule has 0 spiro atoms. The minimum Gasteiger partial charge on any atom is -0.467 e. The Morgan fingerprint density at radius 3 is 2.41 bits per heavy atom. The minimum atomic E-state index is -0.559. The molecule has 0 bridgehead atoms. The maximum atomic E-state index is 11.2. The Morgan fingerprint density at radius 1 is 1.24 bits per heavy atom. The fraction of sp³-hybridized carbons (Fsp3) is 0.556. The van der Waals surface area contributed by atoms with Gasteiger partial charge in [-0.1, -0.05) is 0 Å². The van der Waals surface area contributed by atoms with E-state index >= 15 is 0 Å². The summed E-state index contributed by atoms with van der Waals surface area (Å²) in [6.45, 7) is 1.64. The lowest BCUT2D eigenvalue weighted by Gasteiger charge is -2.12. The summed E-state index contributed by atoms with van der Waals surface area (Å²) in [5.41, 5.74) is 0. The highest BCUT2D eigenvalue weighted by Gasteiger charge is 2.15. The predicted octanol–water partition coefficient (Wildman–Crippen LogP) is -0.105. The first kappa shape index (κ1) is 12.9. The molecule has 0 aromatic carbocycles. The lowest BCUT2D eigenvalue weighted by atomic mass is 10.3. The van der Waals surface area contributed by atoms with Crippen molar-refractivity contribution in [1.82, 2.24) is 15.0 Å². The van der Waals surface area contributed by atoms with Crippen molar-refractivity contribution in [2.24, 2.45) is 0 Å². The zero-order chi connectivity index (χ0) is 12.8. The first-order chi connectivity index (χ1) is 8.10. The van der Waals surface area contributed by atoms with Gasteiger partial charge in [0.15, 0.2) is 0 Å². The van der Waals surface area contributed by atoms with E-state index in [1.165, 1.54) is 14.2 Å². The van der Waals surface area contributed by atoms with Crippen LogP contribution in [-0.4, -0.2) is 48.2 Å². The largest absolute Gasteiger partial charge is 0.467 e. The van der Waals surface area contributed by atoms with Crippen LogP contribution >= 0.6 is 0 Å². The molecular formula is C9H15N5O3. The summed E-state index contributed by atoms with van der Waals surface area (Å²) in [6.07, 6.45) is 0. The highest BCUT2D eigenvalue weighted by Crippen LogP contribution is 2.11. The molecule has 0 saturated carbocycles. The molecule has 1 aromatic heterocycles. The van der Waals surface area contributed by atoms with Gasteiger partial charge in [-0.3, -0.25) is 0 Å². The Labute approximate surface area is 98.8 Å². The molecule has 1 heterocycles. The molecule has 1 rings (SSSR count). The molecule has 0 aliphatic carbocycles. The molecular weight excluding hydrogens is 226 g/mol. The average molecular weight is 241 g/mol. The van der Waals surface area contributed by atoms with Crippen molar-refractivity contribution in [1.29, 1.82) is 0 Å². The number of methoxy groups -OCH3 is 2. The number of nitrogens with one attached hydrogen (secondary N) is 2. The summed E-state index contributed by atoms with van der Waals surface area (Å²) in [7, 11) is 4.43. The summed E-state index contributed by atoms with van der Waals surface area (Å²) in [6, 6.07) is -0.402. The van der Waals surface area contributed by atoms with E-state index in [-0.39, 0.29) is 12.0 Å². The van der Waals surface area contributed by atoms with Gasteiger partial charge >= 0.3 is 12.0 Å². The number of ether oxygens (including phenoxy) is 2. The number of hydrogen-bond donors (Lipinski definition) is 2. The van der Waals surface area contributed by atoms with E-state index in [1.54, 1.807) is 14.0 Å². The summed E-state index contributed by atoms with van der Waals surface area (Å²) in [5.74, 6) is 0.172. The molecule has 0 saturated heterocycles. The molecule has 0 aliphatic rings. The topological polar surface area (TPSA) is 98.3 Å². The second-order valence-electron chi connectivity index (χ2n) is 3.11. The Balaban J connectivity index is 2.86. The Hall–Kier alpha value is -2.12. The molecule has 0 fully saturated rings. The van der Waals surface area contributed by atoms with E-state index in [0.717, 1.165) is 0 Å². The number of rotatable bonds is 5. The number of hydrogen-bond acceptors (Lipinski definition) is 8. The molecule has 17 heavy (non-hydrogen) atoms. The maximum absolute atomic E-state index is 11.2.